The third-order valence-electron chi connectivity index (χ3n) is 3.23. The fraction of sp³-hybridized carbons (Fsp3) is 0.450. The molecule has 0 aromatic heterocycles. The molecule has 0 amide bonds. The highest BCUT2D eigenvalue weighted by atomic mass is 16.4. The van der Waals surface area contributed by atoms with E-state index >= 15 is 0 Å². The van der Waals surface area contributed by atoms with Gasteiger partial charge in [0.1, 0.15) is 0 Å². The predicted molar refractivity (Wildman–Crippen MR) is 97.5 cm³/mol. The minimum absolute atomic E-state index is 0.420. The molecule has 23 heavy (non-hydrogen) atoms. The Morgan fingerprint density at radius 2 is 1.26 bits per heavy atom. The van der Waals surface area contributed by atoms with Crippen molar-refractivity contribution in [1.29, 1.82) is 0 Å². The molecule has 0 saturated heterocycles. The lowest BCUT2D eigenvalue weighted by Crippen LogP contribution is -1.84. The molecule has 3 nitrogen and oxygen atoms in total. The van der Waals surface area contributed by atoms with Crippen LogP contribution in [0.15, 0.2) is 60.4 Å². The smallest absolute Gasteiger partial charge is 0.328 e. The second-order valence-corrected chi connectivity index (χ2v) is 5.38. The maximum absolute atomic E-state index is 10.2. The first-order chi connectivity index (χ1) is 11.2. The van der Waals surface area contributed by atoms with E-state index in [1.54, 1.807) is 30.4 Å². The third-order valence-corrected chi connectivity index (χ3v) is 3.23. The van der Waals surface area contributed by atoms with Crippen LogP contribution in [0.25, 0.3) is 0 Å². The van der Waals surface area contributed by atoms with Crippen LogP contribution in [-0.2, 0) is 4.79 Å². The van der Waals surface area contributed by atoms with Gasteiger partial charge >= 0.3 is 5.97 Å². The Morgan fingerprint density at radius 1 is 0.739 bits per heavy atom. The van der Waals surface area contributed by atoms with E-state index < -0.39 is 5.97 Å². The molecule has 0 aliphatic rings. The van der Waals surface area contributed by atoms with Gasteiger partial charge in [-0.15, -0.1) is 0 Å². The van der Waals surface area contributed by atoms with Gasteiger partial charge in [0.05, 0.1) is 5.76 Å². The SMILES string of the molecule is CCCCCCCCC/C(O)=C/C=C/C=C/C=C/C=C/C(=O)O. The zero-order valence-electron chi connectivity index (χ0n) is 14.2. The van der Waals surface area contributed by atoms with E-state index in [4.69, 9.17) is 5.11 Å². The Kier molecular flexibility index (Phi) is 14.9. The monoisotopic (exact) mass is 318 g/mol. The van der Waals surface area contributed by atoms with E-state index in [0.29, 0.717) is 5.76 Å². The molecule has 2 N–H and O–H groups in total. The normalized spacial score (nSPS) is 13.2. The van der Waals surface area contributed by atoms with Crippen molar-refractivity contribution >= 4 is 5.97 Å². The Hall–Kier alpha value is -2.03. The van der Waals surface area contributed by atoms with Crippen molar-refractivity contribution < 1.29 is 15.0 Å². The number of aliphatic hydroxyl groups is 1. The molecule has 0 spiro atoms. The van der Waals surface area contributed by atoms with Crippen molar-refractivity contribution in [3.05, 3.63) is 60.4 Å². The number of aliphatic hydroxyl groups excluding tert-OH is 1. The molecule has 0 rings (SSSR count). The zero-order valence-corrected chi connectivity index (χ0v) is 14.2. The van der Waals surface area contributed by atoms with Gasteiger partial charge < -0.3 is 10.2 Å². The van der Waals surface area contributed by atoms with Gasteiger partial charge in [0, 0.05) is 12.5 Å². The summed E-state index contributed by atoms with van der Waals surface area (Å²) in [6, 6.07) is 0. The van der Waals surface area contributed by atoms with Crippen LogP contribution in [-0.4, -0.2) is 16.2 Å². The van der Waals surface area contributed by atoms with Crippen molar-refractivity contribution in [2.45, 2.75) is 58.3 Å². The van der Waals surface area contributed by atoms with Gasteiger partial charge in [-0.1, -0.05) is 88.0 Å². The Balaban J connectivity index is 3.73. The number of aliphatic carboxylic acids is 1. The summed E-state index contributed by atoms with van der Waals surface area (Å²) in [5.74, 6) is -0.539. The summed E-state index contributed by atoms with van der Waals surface area (Å²) in [5, 5.41) is 18.1. The van der Waals surface area contributed by atoms with Crippen molar-refractivity contribution in [3.63, 3.8) is 0 Å². The molecule has 3 heteroatoms. The van der Waals surface area contributed by atoms with Gasteiger partial charge in [-0.2, -0.15) is 0 Å². The van der Waals surface area contributed by atoms with Crippen LogP contribution in [0, 0.1) is 0 Å². The Labute approximate surface area is 140 Å². The van der Waals surface area contributed by atoms with Crippen LogP contribution >= 0.6 is 0 Å². The number of carboxylic acids is 1. The maximum Gasteiger partial charge on any atom is 0.328 e. The quantitative estimate of drug-likeness (QED) is 0.193. The van der Waals surface area contributed by atoms with Crippen molar-refractivity contribution in [3.8, 4) is 0 Å². The van der Waals surface area contributed by atoms with Gasteiger partial charge in [-0.3, -0.25) is 0 Å². The molecule has 0 saturated carbocycles. The first-order valence-electron chi connectivity index (χ1n) is 8.46. The molecule has 0 heterocycles. The van der Waals surface area contributed by atoms with E-state index in [1.165, 1.54) is 44.6 Å². The summed E-state index contributed by atoms with van der Waals surface area (Å²) in [6.45, 7) is 2.22. The molecule has 0 aromatic rings. The van der Waals surface area contributed by atoms with Gasteiger partial charge in [0.15, 0.2) is 0 Å². The fourth-order valence-electron chi connectivity index (χ4n) is 1.97. The third kappa shape index (κ3) is 17.9. The van der Waals surface area contributed by atoms with E-state index in [1.807, 2.05) is 12.2 Å². The summed E-state index contributed by atoms with van der Waals surface area (Å²) in [7, 11) is 0. The molecule has 0 unspecified atom stereocenters. The summed E-state index contributed by atoms with van der Waals surface area (Å²) < 4.78 is 0. The lowest BCUT2D eigenvalue weighted by Gasteiger charge is -2.00. The van der Waals surface area contributed by atoms with Crippen LogP contribution < -0.4 is 0 Å². The van der Waals surface area contributed by atoms with Gasteiger partial charge in [0.25, 0.3) is 0 Å². The highest BCUT2D eigenvalue weighted by Gasteiger charge is 1.93. The molecule has 0 bridgehead atoms. The molecule has 0 aliphatic heterocycles. The first-order valence-corrected chi connectivity index (χ1v) is 8.46. The second kappa shape index (κ2) is 16.3. The number of hydrogen-bond acceptors (Lipinski definition) is 2. The molecular formula is C20H30O3. The topological polar surface area (TPSA) is 57.5 Å². The standard InChI is InChI=1S/C20H30O3/c1-2-3-4-5-7-10-13-16-19(21)17-14-11-8-6-9-12-15-18-20(22)23/h6,8-9,11-12,14-15,17-18,21H,2-5,7,10,13,16H2,1H3,(H,22,23)/b8-6+,12-9+,14-11+,18-15+,19-17-. The van der Waals surface area contributed by atoms with Crippen LogP contribution in [0.4, 0.5) is 0 Å². The zero-order chi connectivity index (χ0) is 17.2. The van der Waals surface area contributed by atoms with Crippen molar-refractivity contribution in [2.24, 2.45) is 0 Å². The second-order valence-electron chi connectivity index (χ2n) is 5.38. The average Bonchev–Trinajstić information content (AvgIpc) is 2.52. The predicted octanol–water partition coefficient (Wildman–Crippen LogP) is 5.88. The summed E-state index contributed by atoms with van der Waals surface area (Å²) >= 11 is 0. The van der Waals surface area contributed by atoms with Crippen LogP contribution in [0.1, 0.15) is 58.3 Å². The van der Waals surface area contributed by atoms with Crippen molar-refractivity contribution in [2.75, 3.05) is 0 Å². The highest BCUT2D eigenvalue weighted by molar-refractivity contribution is 5.80. The number of hydrogen-bond donors (Lipinski definition) is 2. The largest absolute Gasteiger partial charge is 0.512 e. The van der Waals surface area contributed by atoms with Crippen molar-refractivity contribution in [1.82, 2.24) is 0 Å². The minimum atomic E-state index is -0.958. The Bertz CT molecular complexity index is 440. The molecule has 128 valence electrons. The number of rotatable bonds is 13. The molecule has 0 fully saturated rings. The molecular weight excluding hydrogens is 288 g/mol. The minimum Gasteiger partial charge on any atom is -0.512 e. The Morgan fingerprint density at radius 3 is 1.87 bits per heavy atom. The van der Waals surface area contributed by atoms with Gasteiger partial charge in [-0.05, 0) is 12.5 Å². The molecule has 0 aliphatic carbocycles. The first kappa shape index (κ1) is 21.0. The number of carboxylic acid groups (broad SMARTS) is 1. The highest BCUT2D eigenvalue weighted by Crippen LogP contribution is 2.11. The van der Waals surface area contributed by atoms with Gasteiger partial charge in [0.2, 0.25) is 0 Å². The van der Waals surface area contributed by atoms with E-state index in [0.717, 1.165) is 18.9 Å². The van der Waals surface area contributed by atoms with Gasteiger partial charge in [-0.25, -0.2) is 4.79 Å². The molecule has 0 aromatic carbocycles. The number of allylic oxidation sites excluding steroid dienone is 9. The fourth-order valence-corrected chi connectivity index (χ4v) is 1.97. The van der Waals surface area contributed by atoms with Crippen LogP contribution in [0.5, 0.6) is 0 Å². The average molecular weight is 318 g/mol. The van der Waals surface area contributed by atoms with E-state index in [-0.39, 0.29) is 0 Å². The van der Waals surface area contributed by atoms with E-state index in [9.17, 15) is 9.90 Å². The number of unbranched alkanes of at least 4 members (excludes halogenated alkanes) is 6. The summed E-state index contributed by atoms with van der Waals surface area (Å²) in [4.78, 5) is 10.2. The molecule has 0 atom stereocenters. The van der Waals surface area contributed by atoms with Crippen LogP contribution in [0.2, 0.25) is 0 Å². The van der Waals surface area contributed by atoms with Crippen LogP contribution in [0.3, 0.4) is 0 Å². The summed E-state index contributed by atoms with van der Waals surface area (Å²) in [6.07, 6.45) is 24.3. The van der Waals surface area contributed by atoms with E-state index in [2.05, 4.69) is 6.92 Å². The lowest BCUT2D eigenvalue weighted by atomic mass is 10.1. The maximum atomic E-state index is 10.2. The number of carbonyl (C=O) groups is 1. The molecule has 0 radical (unpaired) electrons. The summed E-state index contributed by atoms with van der Waals surface area (Å²) in [5.41, 5.74) is 0. The lowest BCUT2D eigenvalue weighted by molar-refractivity contribution is -0.131.